The highest BCUT2D eigenvalue weighted by atomic mass is 28.2. The van der Waals surface area contributed by atoms with Crippen LogP contribution in [0.3, 0.4) is 0 Å². The third-order valence-corrected chi connectivity index (χ3v) is 4.17. The number of ether oxygens (including phenoxy) is 2. The molecule has 0 bridgehead atoms. The molecule has 0 atom stereocenters. The van der Waals surface area contributed by atoms with Crippen LogP contribution in [0.2, 0.25) is 6.04 Å². The highest BCUT2D eigenvalue weighted by molar-refractivity contribution is 6.53. The van der Waals surface area contributed by atoms with Gasteiger partial charge in [-0.1, -0.05) is 35.5 Å². The van der Waals surface area contributed by atoms with Crippen molar-refractivity contribution in [1.29, 1.82) is 0 Å². The van der Waals surface area contributed by atoms with Crippen molar-refractivity contribution in [3.05, 3.63) is 30.3 Å². The van der Waals surface area contributed by atoms with Gasteiger partial charge in [-0.2, -0.15) is 0 Å². The van der Waals surface area contributed by atoms with Gasteiger partial charge in [-0.15, -0.1) is 0 Å². The molecule has 1 aromatic rings. The Bertz CT molecular complexity index is 288. The third kappa shape index (κ3) is 6.61. The highest BCUT2D eigenvalue weighted by Gasteiger charge is 2.13. The first-order valence-electron chi connectivity index (χ1n) is 6.42. The van der Waals surface area contributed by atoms with Crippen LogP contribution in [0.5, 0.6) is 0 Å². The molecule has 96 valence electrons. The van der Waals surface area contributed by atoms with Crippen LogP contribution in [-0.4, -0.2) is 28.0 Å². The fourth-order valence-electron chi connectivity index (χ4n) is 1.70. The zero-order valence-corrected chi connectivity index (χ0v) is 12.8. The van der Waals surface area contributed by atoms with Crippen LogP contribution in [0.15, 0.2) is 30.3 Å². The second kappa shape index (κ2) is 7.64. The summed E-state index contributed by atoms with van der Waals surface area (Å²) >= 11 is 0. The van der Waals surface area contributed by atoms with E-state index in [1.54, 1.807) is 0 Å². The predicted molar refractivity (Wildman–Crippen MR) is 75.7 cm³/mol. The molecule has 0 saturated carbocycles. The lowest BCUT2D eigenvalue weighted by Gasteiger charge is -2.22. The van der Waals surface area contributed by atoms with Gasteiger partial charge < -0.3 is 9.47 Å². The molecule has 0 fully saturated rings. The lowest BCUT2D eigenvalue weighted by molar-refractivity contribution is -0.169. The monoisotopic (exact) mass is 252 g/mol. The molecule has 0 aliphatic carbocycles. The van der Waals surface area contributed by atoms with Gasteiger partial charge in [-0.3, -0.25) is 0 Å². The van der Waals surface area contributed by atoms with Crippen LogP contribution in [0.1, 0.15) is 27.7 Å². The van der Waals surface area contributed by atoms with Crippen LogP contribution in [0, 0.1) is 0 Å². The van der Waals surface area contributed by atoms with Crippen LogP contribution in [0.25, 0.3) is 0 Å². The molecular weight excluding hydrogens is 228 g/mol. The molecule has 17 heavy (non-hydrogen) atoms. The minimum Gasteiger partial charge on any atom is -0.350 e. The van der Waals surface area contributed by atoms with Crippen molar-refractivity contribution in [3.63, 3.8) is 0 Å². The molecular formula is C14H24O2Si. The minimum absolute atomic E-state index is 0.0399. The van der Waals surface area contributed by atoms with E-state index in [4.69, 9.17) is 9.47 Å². The lowest BCUT2D eigenvalue weighted by atomic mass is 10.4. The maximum atomic E-state index is 5.80. The number of hydrogen-bond donors (Lipinski definition) is 0. The summed E-state index contributed by atoms with van der Waals surface area (Å²) in [5, 5.41) is 1.47. The van der Waals surface area contributed by atoms with Crippen molar-refractivity contribution in [2.24, 2.45) is 0 Å². The Labute approximate surface area is 107 Å². The number of rotatable bonds is 7. The third-order valence-electron chi connectivity index (χ3n) is 2.36. The van der Waals surface area contributed by atoms with E-state index in [9.17, 15) is 0 Å². The van der Waals surface area contributed by atoms with Gasteiger partial charge in [0.15, 0.2) is 6.29 Å². The molecule has 0 unspecified atom stereocenters. The molecule has 3 heteroatoms. The summed E-state index contributed by atoms with van der Waals surface area (Å²) in [7, 11) is -0.295. The molecule has 0 aliphatic rings. The first-order valence-corrected chi connectivity index (χ1v) is 8.13. The summed E-state index contributed by atoms with van der Waals surface area (Å²) in [6.07, 6.45) is 0.411. The summed E-state index contributed by atoms with van der Waals surface area (Å²) in [5.41, 5.74) is 0. The number of benzene rings is 1. The first-order chi connectivity index (χ1) is 8.08. The molecule has 0 amide bonds. The molecule has 0 saturated heterocycles. The average Bonchev–Trinajstić information content (AvgIpc) is 2.26. The Morgan fingerprint density at radius 3 is 1.94 bits per heavy atom. The van der Waals surface area contributed by atoms with Crippen LogP contribution in [0.4, 0.5) is 0 Å². The normalized spacial score (nSPS) is 12.4. The summed E-state index contributed by atoms with van der Waals surface area (Å²) in [5.74, 6) is 0. The van der Waals surface area contributed by atoms with Crippen molar-refractivity contribution in [3.8, 4) is 0 Å². The standard InChI is InChI=1S/C14H24O2Si/c1-11(2)15-14(16-12(3)4)10-17-13-8-6-5-7-9-13/h5-9,11-12,14H,10,17H2,1-4H3. The molecule has 0 aliphatic heterocycles. The van der Waals surface area contributed by atoms with Gasteiger partial charge in [0, 0.05) is 0 Å². The van der Waals surface area contributed by atoms with Gasteiger partial charge in [-0.25, -0.2) is 0 Å². The molecule has 1 aromatic carbocycles. The van der Waals surface area contributed by atoms with E-state index in [1.807, 2.05) is 0 Å². The van der Waals surface area contributed by atoms with Crippen molar-refractivity contribution in [2.75, 3.05) is 0 Å². The Morgan fingerprint density at radius 1 is 0.941 bits per heavy atom. The van der Waals surface area contributed by atoms with Gasteiger partial charge >= 0.3 is 0 Å². The Kier molecular flexibility index (Phi) is 6.48. The maximum Gasteiger partial charge on any atom is 0.155 e. The van der Waals surface area contributed by atoms with E-state index < -0.39 is 0 Å². The molecule has 0 aromatic heterocycles. The van der Waals surface area contributed by atoms with Gasteiger partial charge in [0.25, 0.3) is 0 Å². The molecule has 2 nitrogen and oxygen atoms in total. The topological polar surface area (TPSA) is 18.5 Å². The van der Waals surface area contributed by atoms with E-state index >= 15 is 0 Å². The van der Waals surface area contributed by atoms with Gasteiger partial charge in [0.1, 0.15) is 0 Å². The molecule has 1 rings (SSSR count). The fraction of sp³-hybridized carbons (Fsp3) is 0.571. The van der Waals surface area contributed by atoms with Crippen LogP contribution >= 0.6 is 0 Å². The average molecular weight is 252 g/mol. The summed E-state index contributed by atoms with van der Waals surface area (Å²) in [6.45, 7) is 8.23. The van der Waals surface area contributed by atoms with Gasteiger partial charge in [0.05, 0.1) is 21.7 Å². The zero-order valence-electron chi connectivity index (χ0n) is 11.3. The maximum absolute atomic E-state index is 5.80. The van der Waals surface area contributed by atoms with Gasteiger partial charge in [-0.05, 0) is 33.7 Å². The second-order valence-corrected chi connectivity index (χ2v) is 6.72. The van der Waals surface area contributed by atoms with Crippen LogP contribution in [-0.2, 0) is 9.47 Å². The lowest BCUT2D eigenvalue weighted by Crippen LogP contribution is -2.28. The second-order valence-electron chi connectivity index (χ2n) is 4.82. The first kappa shape index (κ1) is 14.4. The smallest absolute Gasteiger partial charge is 0.155 e. The summed E-state index contributed by atoms with van der Waals surface area (Å²) in [6, 6.07) is 11.7. The summed E-state index contributed by atoms with van der Waals surface area (Å²) < 4.78 is 11.6. The largest absolute Gasteiger partial charge is 0.350 e. The Morgan fingerprint density at radius 2 is 1.47 bits per heavy atom. The molecule has 0 radical (unpaired) electrons. The predicted octanol–water partition coefficient (Wildman–Crippen LogP) is 2.08. The van der Waals surface area contributed by atoms with Crippen LogP contribution < -0.4 is 5.19 Å². The minimum atomic E-state index is -0.295. The van der Waals surface area contributed by atoms with Gasteiger partial charge in [0.2, 0.25) is 0 Å². The molecule has 0 N–H and O–H groups in total. The van der Waals surface area contributed by atoms with Crippen molar-refractivity contribution >= 4 is 14.7 Å². The van der Waals surface area contributed by atoms with E-state index in [1.165, 1.54) is 5.19 Å². The molecule has 0 spiro atoms. The van der Waals surface area contributed by atoms with E-state index in [-0.39, 0.29) is 28.0 Å². The van der Waals surface area contributed by atoms with Crippen molar-refractivity contribution in [2.45, 2.75) is 52.2 Å². The van der Waals surface area contributed by atoms with Crippen molar-refractivity contribution in [1.82, 2.24) is 0 Å². The SMILES string of the molecule is CC(C)OC(C[SiH2]c1ccccc1)OC(C)C. The van der Waals surface area contributed by atoms with Crippen molar-refractivity contribution < 1.29 is 9.47 Å². The molecule has 0 heterocycles. The summed E-state index contributed by atoms with van der Waals surface area (Å²) in [4.78, 5) is 0. The van der Waals surface area contributed by atoms with E-state index in [2.05, 4.69) is 58.0 Å². The highest BCUT2D eigenvalue weighted by Crippen LogP contribution is 2.08. The fourth-order valence-corrected chi connectivity index (χ4v) is 3.15. The zero-order chi connectivity index (χ0) is 12.7. The quantitative estimate of drug-likeness (QED) is 0.546. The Balaban J connectivity index is 2.43. The number of hydrogen-bond acceptors (Lipinski definition) is 2. The van der Waals surface area contributed by atoms with E-state index in [0.29, 0.717) is 0 Å². The van der Waals surface area contributed by atoms with E-state index in [0.717, 1.165) is 6.04 Å². The Hall–Kier alpha value is -0.643.